The van der Waals surface area contributed by atoms with Gasteiger partial charge in [-0.05, 0) is 38.0 Å². The van der Waals surface area contributed by atoms with Crippen molar-refractivity contribution in [2.45, 2.75) is 26.8 Å². The number of para-hydroxylation sites is 1. The fourth-order valence-electron chi connectivity index (χ4n) is 2.03. The number of anilines is 1. The highest BCUT2D eigenvalue weighted by atomic mass is 14.9. The minimum Gasteiger partial charge on any atom is -0.382 e. The molecule has 1 nitrogen and oxygen atoms in total. The van der Waals surface area contributed by atoms with Crippen molar-refractivity contribution in [1.29, 1.82) is 0 Å². The molecule has 17 heavy (non-hydrogen) atoms. The maximum absolute atomic E-state index is 3.50. The molecule has 1 heteroatoms. The molecule has 0 bridgehead atoms. The average Bonchev–Trinajstić information content (AvgIpc) is 2.30. The van der Waals surface area contributed by atoms with Crippen LogP contribution in [-0.2, 0) is 0 Å². The lowest BCUT2D eigenvalue weighted by molar-refractivity contribution is 0.900. The van der Waals surface area contributed by atoms with Crippen molar-refractivity contribution >= 4 is 5.69 Å². The zero-order valence-corrected chi connectivity index (χ0v) is 10.7. The zero-order chi connectivity index (χ0) is 12.3. The van der Waals surface area contributed by atoms with Crippen LogP contribution < -0.4 is 5.32 Å². The van der Waals surface area contributed by atoms with E-state index in [1.807, 2.05) is 0 Å². The van der Waals surface area contributed by atoms with Gasteiger partial charge in [0, 0.05) is 17.3 Å². The Bertz CT molecular complexity index is 500. The molecular weight excluding hydrogens is 206 g/mol. The summed E-state index contributed by atoms with van der Waals surface area (Å²) in [5.41, 5.74) is 5.10. The maximum atomic E-state index is 3.50. The Morgan fingerprint density at radius 3 is 2.06 bits per heavy atom. The van der Waals surface area contributed by atoms with Crippen LogP contribution in [0.15, 0.2) is 48.5 Å². The van der Waals surface area contributed by atoms with E-state index in [1.54, 1.807) is 0 Å². The van der Waals surface area contributed by atoms with Gasteiger partial charge in [-0.2, -0.15) is 0 Å². The highest BCUT2D eigenvalue weighted by Gasteiger charge is 2.06. The molecule has 0 aliphatic heterocycles. The van der Waals surface area contributed by atoms with E-state index in [2.05, 4.69) is 74.6 Å². The van der Waals surface area contributed by atoms with Crippen LogP contribution in [0.2, 0.25) is 0 Å². The Kier molecular flexibility index (Phi) is 3.48. The van der Waals surface area contributed by atoms with Crippen molar-refractivity contribution in [1.82, 2.24) is 0 Å². The Morgan fingerprint density at radius 1 is 0.824 bits per heavy atom. The summed E-state index contributed by atoms with van der Waals surface area (Å²) in [4.78, 5) is 0. The van der Waals surface area contributed by atoms with Gasteiger partial charge in [0.25, 0.3) is 0 Å². The van der Waals surface area contributed by atoms with Crippen molar-refractivity contribution in [2.24, 2.45) is 0 Å². The molecule has 88 valence electrons. The Labute approximate surface area is 103 Å². The van der Waals surface area contributed by atoms with Gasteiger partial charge in [-0.1, -0.05) is 42.5 Å². The van der Waals surface area contributed by atoms with E-state index in [0.717, 1.165) is 0 Å². The first kappa shape index (κ1) is 11.7. The normalized spacial score (nSPS) is 10.6. The van der Waals surface area contributed by atoms with Crippen LogP contribution >= 0.6 is 0 Å². The summed E-state index contributed by atoms with van der Waals surface area (Å²) in [6.45, 7) is 6.48. The molecule has 0 amide bonds. The smallest absolute Gasteiger partial charge is 0.0421 e. The Morgan fingerprint density at radius 2 is 1.41 bits per heavy atom. The van der Waals surface area contributed by atoms with E-state index >= 15 is 0 Å². The predicted molar refractivity (Wildman–Crippen MR) is 75.4 cm³/mol. The highest BCUT2D eigenvalue weighted by molar-refractivity contribution is 5.79. The summed E-state index contributed by atoms with van der Waals surface area (Å²) in [7, 11) is 0. The van der Waals surface area contributed by atoms with Gasteiger partial charge in [-0.25, -0.2) is 0 Å². The molecule has 0 spiro atoms. The second kappa shape index (κ2) is 5.05. The minimum absolute atomic E-state index is 0.445. The summed E-state index contributed by atoms with van der Waals surface area (Å²) in [5.74, 6) is 0. The fourth-order valence-corrected chi connectivity index (χ4v) is 2.03. The molecule has 0 atom stereocenters. The number of nitrogens with one attached hydrogen (secondary N) is 1. The maximum Gasteiger partial charge on any atom is 0.0421 e. The lowest BCUT2D eigenvalue weighted by Crippen LogP contribution is -2.10. The van der Waals surface area contributed by atoms with Crippen LogP contribution in [0.5, 0.6) is 0 Å². The first-order chi connectivity index (χ1) is 8.18. The predicted octanol–water partition coefficient (Wildman–Crippen LogP) is 4.48. The number of hydrogen-bond donors (Lipinski definition) is 1. The highest BCUT2D eigenvalue weighted by Crippen LogP contribution is 2.30. The van der Waals surface area contributed by atoms with Gasteiger partial charge in [-0.3, -0.25) is 0 Å². The molecule has 1 N–H and O–H groups in total. The van der Waals surface area contributed by atoms with E-state index in [0.29, 0.717) is 6.04 Å². The van der Waals surface area contributed by atoms with Crippen LogP contribution in [0.4, 0.5) is 5.69 Å². The van der Waals surface area contributed by atoms with Gasteiger partial charge in [0.15, 0.2) is 0 Å². The van der Waals surface area contributed by atoms with Crippen molar-refractivity contribution in [2.75, 3.05) is 5.32 Å². The monoisotopic (exact) mass is 225 g/mol. The second-order valence-electron chi connectivity index (χ2n) is 4.66. The number of aryl methyl sites for hydroxylation is 1. The van der Waals surface area contributed by atoms with Gasteiger partial charge < -0.3 is 5.32 Å². The van der Waals surface area contributed by atoms with Crippen LogP contribution in [0.25, 0.3) is 11.1 Å². The third-order valence-corrected chi connectivity index (χ3v) is 2.81. The van der Waals surface area contributed by atoms with E-state index < -0.39 is 0 Å². The first-order valence-corrected chi connectivity index (χ1v) is 6.10. The molecule has 0 saturated heterocycles. The molecule has 0 aromatic heterocycles. The van der Waals surface area contributed by atoms with Gasteiger partial charge in [0.05, 0.1) is 0 Å². The third-order valence-electron chi connectivity index (χ3n) is 2.81. The molecule has 0 heterocycles. The zero-order valence-electron chi connectivity index (χ0n) is 10.7. The molecule has 0 aliphatic rings. The number of benzene rings is 2. The van der Waals surface area contributed by atoms with E-state index in [4.69, 9.17) is 0 Å². The molecule has 0 fully saturated rings. The van der Waals surface area contributed by atoms with E-state index in [9.17, 15) is 0 Å². The van der Waals surface area contributed by atoms with E-state index in [1.165, 1.54) is 22.4 Å². The topological polar surface area (TPSA) is 12.0 Å². The summed E-state index contributed by atoms with van der Waals surface area (Å²) < 4.78 is 0. The lowest BCUT2D eigenvalue weighted by atomic mass is 9.99. The van der Waals surface area contributed by atoms with Crippen molar-refractivity contribution in [3.05, 3.63) is 54.1 Å². The first-order valence-electron chi connectivity index (χ1n) is 6.10. The molecule has 0 aliphatic carbocycles. The standard InChI is InChI=1S/C16H19N/c1-12(2)17-16-11-7-6-10-15(16)14-9-5-4-8-13(14)3/h4-12,17H,1-3H3. The van der Waals surface area contributed by atoms with Crippen LogP contribution in [0.3, 0.4) is 0 Å². The molecule has 2 aromatic carbocycles. The van der Waals surface area contributed by atoms with Crippen LogP contribution in [-0.4, -0.2) is 6.04 Å². The number of rotatable bonds is 3. The van der Waals surface area contributed by atoms with Crippen molar-refractivity contribution < 1.29 is 0 Å². The minimum atomic E-state index is 0.445. The van der Waals surface area contributed by atoms with Gasteiger partial charge in [0.2, 0.25) is 0 Å². The molecule has 2 aromatic rings. The molecule has 0 unspecified atom stereocenters. The quantitative estimate of drug-likeness (QED) is 0.812. The summed E-state index contributed by atoms with van der Waals surface area (Å²) in [5, 5.41) is 3.50. The van der Waals surface area contributed by atoms with Crippen LogP contribution in [0.1, 0.15) is 19.4 Å². The second-order valence-corrected chi connectivity index (χ2v) is 4.66. The van der Waals surface area contributed by atoms with Gasteiger partial charge >= 0.3 is 0 Å². The molecule has 0 saturated carbocycles. The Balaban J connectivity index is 2.48. The van der Waals surface area contributed by atoms with Crippen molar-refractivity contribution in [3.63, 3.8) is 0 Å². The SMILES string of the molecule is Cc1ccccc1-c1ccccc1NC(C)C. The molecule has 0 radical (unpaired) electrons. The van der Waals surface area contributed by atoms with Gasteiger partial charge in [0.1, 0.15) is 0 Å². The molecule has 2 rings (SSSR count). The Hall–Kier alpha value is -1.76. The largest absolute Gasteiger partial charge is 0.382 e. The summed E-state index contributed by atoms with van der Waals surface area (Å²) in [6.07, 6.45) is 0. The third kappa shape index (κ3) is 2.68. The summed E-state index contributed by atoms with van der Waals surface area (Å²) >= 11 is 0. The summed E-state index contributed by atoms with van der Waals surface area (Å²) in [6, 6.07) is 17.4. The lowest BCUT2D eigenvalue weighted by Gasteiger charge is -2.16. The number of hydrogen-bond acceptors (Lipinski definition) is 1. The van der Waals surface area contributed by atoms with Gasteiger partial charge in [-0.15, -0.1) is 0 Å². The average molecular weight is 225 g/mol. The van der Waals surface area contributed by atoms with Crippen LogP contribution in [0, 0.1) is 6.92 Å². The fraction of sp³-hybridized carbons (Fsp3) is 0.250. The van der Waals surface area contributed by atoms with Crippen molar-refractivity contribution in [3.8, 4) is 11.1 Å². The molecular formula is C16H19N. The van der Waals surface area contributed by atoms with E-state index in [-0.39, 0.29) is 0 Å².